The Balaban J connectivity index is 2.27. The third-order valence-electron chi connectivity index (χ3n) is 2.30. The molecule has 0 fully saturated rings. The summed E-state index contributed by atoms with van der Waals surface area (Å²) in [7, 11) is 0. The molecule has 19 heavy (non-hydrogen) atoms. The highest BCUT2D eigenvalue weighted by atomic mass is 16.6. The summed E-state index contributed by atoms with van der Waals surface area (Å²) in [5.74, 6) is 1.20. The molecular weight excluding hydrogens is 248 g/mol. The predicted octanol–water partition coefficient (Wildman–Crippen LogP) is 3.18. The van der Waals surface area contributed by atoms with Crippen LogP contribution in [-0.4, -0.2) is 16.5 Å². The van der Waals surface area contributed by atoms with Crippen LogP contribution in [0, 0.1) is 10.1 Å². The number of nitro groups is 1. The van der Waals surface area contributed by atoms with Gasteiger partial charge in [-0.3, -0.25) is 15.1 Å². The Hall–Kier alpha value is -2.63. The van der Waals surface area contributed by atoms with Crippen molar-refractivity contribution in [3.05, 3.63) is 52.8 Å². The number of rotatable bonds is 5. The number of benzene rings is 1. The van der Waals surface area contributed by atoms with E-state index in [-0.39, 0.29) is 11.4 Å². The maximum Gasteiger partial charge on any atom is 0.311 e. The molecule has 0 atom stereocenters. The van der Waals surface area contributed by atoms with Gasteiger partial charge in [0.05, 0.1) is 17.7 Å². The molecule has 0 amide bonds. The summed E-state index contributed by atoms with van der Waals surface area (Å²) < 4.78 is 10.8. The molecule has 0 saturated carbocycles. The van der Waals surface area contributed by atoms with Crippen molar-refractivity contribution in [3.8, 4) is 17.2 Å². The molecule has 2 rings (SSSR count). The molecule has 0 aliphatic heterocycles. The molecule has 1 aromatic heterocycles. The molecule has 0 radical (unpaired) electrons. The molecule has 0 unspecified atom stereocenters. The Labute approximate surface area is 109 Å². The van der Waals surface area contributed by atoms with Gasteiger partial charge in [-0.2, -0.15) is 0 Å². The number of hydrogen-bond acceptors (Lipinski definition) is 5. The van der Waals surface area contributed by atoms with Gasteiger partial charge in [0.1, 0.15) is 11.5 Å². The van der Waals surface area contributed by atoms with Crippen molar-refractivity contribution in [1.29, 1.82) is 0 Å². The van der Waals surface area contributed by atoms with E-state index in [4.69, 9.17) is 9.47 Å². The average molecular weight is 260 g/mol. The highest BCUT2D eigenvalue weighted by molar-refractivity contribution is 5.51. The van der Waals surface area contributed by atoms with Crippen molar-refractivity contribution in [3.63, 3.8) is 0 Å². The van der Waals surface area contributed by atoms with E-state index < -0.39 is 4.92 Å². The first-order valence-electron chi connectivity index (χ1n) is 5.70. The van der Waals surface area contributed by atoms with Gasteiger partial charge in [0.15, 0.2) is 0 Å². The first kappa shape index (κ1) is 12.8. The van der Waals surface area contributed by atoms with E-state index in [1.54, 1.807) is 31.5 Å². The summed E-state index contributed by atoms with van der Waals surface area (Å²) in [6.45, 7) is 2.11. The second-order valence-corrected chi connectivity index (χ2v) is 3.61. The quantitative estimate of drug-likeness (QED) is 0.609. The van der Waals surface area contributed by atoms with Gasteiger partial charge in [-0.1, -0.05) is 0 Å². The van der Waals surface area contributed by atoms with Crippen LogP contribution in [0.3, 0.4) is 0 Å². The number of aromatic nitrogens is 1. The zero-order chi connectivity index (χ0) is 13.7. The van der Waals surface area contributed by atoms with Gasteiger partial charge in [0, 0.05) is 18.3 Å². The van der Waals surface area contributed by atoms with Crippen LogP contribution in [0.4, 0.5) is 5.69 Å². The van der Waals surface area contributed by atoms with E-state index in [1.807, 2.05) is 0 Å². The van der Waals surface area contributed by atoms with Crippen LogP contribution in [0.15, 0.2) is 42.7 Å². The SMILES string of the molecule is CCOc1cc(Oc2cccnc2)ccc1[N+](=O)[O-]. The Bertz CT molecular complexity index is 572. The molecule has 6 heteroatoms. The molecule has 0 spiro atoms. The van der Waals surface area contributed by atoms with E-state index in [0.717, 1.165) is 0 Å². The van der Waals surface area contributed by atoms with Crippen molar-refractivity contribution in [2.75, 3.05) is 6.61 Å². The van der Waals surface area contributed by atoms with E-state index >= 15 is 0 Å². The topological polar surface area (TPSA) is 74.5 Å². The molecule has 2 aromatic rings. The van der Waals surface area contributed by atoms with Crippen molar-refractivity contribution in [1.82, 2.24) is 4.98 Å². The molecule has 0 N–H and O–H groups in total. The fourth-order valence-corrected chi connectivity index (χ4v) is 1.52. The lowest BCUT2D eigenvalue weighted by Crippen LogP contribution is -1.98. The third-order valence-corrected chi connectivity index (χ3v) is 2.30. The van der Waals surface area contributed by atoms with Crippen molar-refractivity contribution >= 4 is 5.69 Å². The largest absolute Gasteiger partial charge is 0.487 e. The number of ether oxygens (including phenoxy) is 2. The zero-order valence-electron chi connectivity index (χ0n) is 10.3. The average Bonchev–Trinajstić information content (AvgIpc) is 2.40. The number of nitrogens with zero attached hydrogens (tertiary/aromatic N) is 2. The van der Waals surface area contributed by atoms with Crippen molar-refractivity contribution < 1.29 is 14.4 Å². The summed E-state index contributed by atoms with van der Waals surface area (Å²) >= 11 is 0. The fraction of sp³-hybridized carbons (Fsp3) is 0.154. The summed E-state index contributed by atoms with van der Waals surface area (Å²) in [5, 5.41) is 10.8. The Kier molecular flexibility index (Phi) is 3.92. The zero-order valence-corrected chi connectivity index (χ0v) is 10.3. The van der Waals surface area contributed by atoms with Crippen LogP contribution in [0.2, 0.25) is 0 Å². The summed E-state index contributed by atoms with van der Waals surface area (Å²) in [4.78, 5) is 14.3. The first-order valence-corrected chi connectivity index (χ1v) is 5.70. The lowest BCUT2D eigenvalue weighted by atomic mass is 10.3. The van der Waals surface area contributed by atoms with E-state index in [0.29, 0.717) is 18.1 Å². The van der Waals surface area contributed by atoms with Gasteiger partial charge in [0.25, 0.3) is 0 Å². The highest BCUT2D eigenvalue weighted by Crippen LogP contribution is 2.32. The van der Waals surface area contributed by atoms with Crippen LogP contribution >= 0.6 is 0 Å². The number of hydrogen-bond donors (Lipinski definition) is 0. The molecular formula is C13H12N2O4. The first-order chi connectivity index (χ1) is 9.20. The molecule has 0 bridgehead atoms. The Morgan fingerprint density at radius 2 is 2.16 bits per heavy atom. The molecule has 0 saturated heterocycles. The minimum atomic E-state index is -0.487. The monoisotopic (exact) mass is 260 g/mol. The van der Waals surface area contributed by atoms with Crippen molar-refractivity contribution in [2.24, 2.45) is 0 Å². The van der Waals surface area contributed by atoms with Gasteiger partial charge >= 0.3 is 5.69 Å². The maximum atomic E-state index is 10.8. The minimum Gasteiger partial charge on any atom is -0.487 e. The van der Waals surface area contributed by atoms with Crippen molar-refractivity contribution in [2.45, 2.75) is 6.92 Å². The summed E-state index contributed by atoms with van der Waals surface area (Å²) in [6, 6.07) is 7.86. The Morgan fingerprint density at radius 1 is 1.32 bits per heavy atom. The lowest BCUT2D eigenvalue weighted by molar-refractivity contribution is -0.385. The molecule has 0 aliphatic carbocycles. The smallest absolute Gasteiger partial charge is 0.311 e. The fourth-order valence-electron chi connectivity index (χ4n) is 1.52. The molecule has 1 aromatic carbocycles. The standard InChI is InChI=1S/C13H12N2O4/c1-2-18-13-8-10(5-6-12(13)15(16)17)19-11-4-3-7-14-9-11/h3-9H,2H2,1H3. The van der Waals surface area contributed by atoms with Crippen LogP contribution in [0.5, 0.6) is 17.2 Å². The number of nitro benzene ring substituents is 1. The van der Waals surface area contributed by atoms with Gasteiger partial charge in [-0.15, -0.1) is 0 Å². The molecule has 6 nitrogen and oxygen atoms in total. The van der Waals surface area contributed by atoms with Crippen LogP contribution in [0.1, 0.15) is 6.92 Å². The van der Waals surface area contributed by atoms with E-state index in [2.05, 4.69) is 4.98 Å². The summed E-state index contributed by atoms with van der Waals surface area (Å²) in [6.07, 6.45) is 3.19. The van der Waals surface area contributed by atoms with E-state index in [1.165, 1.54) is 18.2 Å². The minimum absolute atomic E-state index is 0.0830. The van der Waals surface area contributed by atoms with Crippen LogP contribution in [-0.2, 0) is 0 Å². The van der Waals surface area contributed by atoms with Gasteiger partial charge in [0.2, 0.25) is 5.75 Å². The van der Waals surface area contributed by atoms with Gasteiger partial charge < -0.3 is 9.47 Å². The maximum absolute atomic E-state index is 10.8. The van der Waals surface area contributed by atoms with E-state index in [9.17, 15) is 10.1 Å². The summed E-state index contributed by atoms with van der Waals surface area (Å²) in [5.41, 5.74) is -0.0830. The Morgan fingerprint density at radius 3 is 2.79 bits per heavy atom. The van der Waals surface area contributed by atoms with Gasteiger partial charge in [-0.05, 0) is 25.1 Å². The normalized spacial score (nSPS) is 9.95. The highest BCUT2D eigenvalue weighted by Gasteiger charge is 2.16. The van der Waals surface area contributed by atoms with Crippen LogP contribution in [0.25, 0.3) is 0 Å². The molecule has 1 heterocycles. The van der Waals surface area contributed by atoms with Gasteiger partial charge in [-0.25, -0.2) is 0 Å². The predicted molar refractivity (Wildman–Crippen MR) is 68.6 cm³/mol. The van der Waals surface area contributed by atoms with Crippen LogP contribution < -0.4 is 9.47 Å². The number of pyridine rings is 1. The molecule has 98 valence electrons. The lowest BCUT2D eigenvalue weighted by Gasteiger charge is -2.08. The second kappa shape index (κ2) is 5.81. The third kappa shape index (κ3) is 3.19. The molecule has 0 aliphatic rings. The second-order valence-electron chi connectivity index (χ2n) is 3.61.